The van der Waals surface area contributed by atoms with E-state index in [4.69, 9.17) is 4.74 Å². The molecule has 4 rings (SSSR count). The summed E-state index contributed by atoms with van der Waals surface area (Å²) in [5.41, 5.74) is 3.22. The molecule has 2 N–H and O–H groups in total. The number of nitrogens with zero attached hydrogens (tertiary/aromatic N) is 2. The number of rotatable bonds is 8. The molecule has 0 unspecified atom stereocenters. The molecule has 0 aliphatic rings. The van der Waals surface area contributed by atoms with Crippen LogP contribution in [0.2, 0.25) is 0 Å². The number of hydrogen-bond acceptors (Lipinski definition) is 6. The van der Waals surface area contributed by atoms with Crippen molar-refractivity contribution in [1.29, 1.82) is 0 Å². The van der Waals surface area contributed by atoms with Crippen molar-refractivity contribution in [3.05, 3.63) is 106 Å². The molecule has 170 valence electrons. The number of anilines is 2. The Kier molecular flexibility index (Phi) is 7.42. The summed E-state index contributed by atoms with van der Waals surface area (Å²) < 4.78 is 5.89. The first-order chi connectivity index (χ1) is 16.6. The van der Waals surface area contributed by atoms with Gasteiger partial charge in [-0.15, -0.1) is 11.3 Å². The molecular weight excluding hydrogens is 448 g/mol. The molecule has 0 radical (unpaired) electrons. The zero-order valence-corrected chi connectivity index (χ0v) is 19.2. The molecule has 8 heteroatoms. The number of thiazole rings is 1. The smallest absolute Gasteiger partial charge is 0.255 e. The third kappa shape index (κ3) is 6.36. The first kappa shape index (κ1) is 22.9. The normalized spacial score (nSPS) is 10.7. The summed E-state index contributed by atoms with van der Waals surface area (Å²) in [6.07, 6.45) is 6.32. The lowest BCUT2D eigenvalue weighted by Crippen LogP contribution is -2.13. The van der Waals surface area contributed by atoms with Crippen LogP contribution in [0.1, 0.15) is 26.6 Å². The highest BCUT2D eigenvalue weighted by Crippen LogP contribution is 2.21. The molecule has 2 heterocycles. The molecule has 4 aromatic rings. The highest BCUT2D eigenvalue weighted by Gasteiger charge is 2.08. The van der Waals surface area contributed by atoms with Gasteiger partial charge in [0.25, 0.3) is 5.91 Å². The number of carbonyl (C=O) groups is 2. The number of aromatic nitrogens is 2. The summed E-state index contributed by atoms with van der Waals surface area (Å²) >= 11 is 1.58. The second-order valence-corrected chi connectivity index (χ2v) is 8.34. The lowest BCUT2D eigenvalue weighted by atomic mass is 10.1. The highest BCUT2D eigenvalue weighted by molar-refractivity contribution is 7.09. The van der Waals surface area contributed by atoms with Crippen LogP contribution in [0.15, 0.2) is 84.5 Å². The fourth-order valence-electron chi connectivity index (χ4n) is 3.10. The van der Waals surface area contributed by atoms with Gasteiger partial charge in [-0.1, -0.05) is 24.3 Å². The van der Waals surface area contributed by atoms with Crippen molar-refractivity contribution < 1.29 is 14.3 Å². The number of pyridine rings is 1. The Morgan fingerprint density at radius 3 is 2.62 bits per heavy atom. The van der Waals surface area contributed by atoms with E-state index in [1.54, 1.807) is 66.2 Å². The first-order valence-corrected chi connectivity index (χ1v) is 11.4. The number of para-hydroxylation sites is 1. The molecule has 0 atom stereocenters. The van der Waals surface area contributed by atoms with Crippen LogP contribution in [0.25, 0.3) is 6.08 Å². The molecule has 2 aromatic heterocycles. The molecule has 0 aliphatic carbocycles. The van der Waals surface area contributed by atoms with Gasteiger partial charge in [-0.3, -0.25) is 14.6 Å². The zero-order chi connectivity index (χ0) is 23.8. The van der Waals surface area contributed by atoms with Crippen LogP contribution in [0, 0.1) is 6.92 Å². The number of benzene rings is 2. The Balaban J connectivity index is 1.38. The molecule has 0 spiro atoms. The standard InChI is InChI=1S/C26H22N4O3S/c1-18-28-23(17-34-18)16-33-24-8-3-2-5-19(24)9-10-25(31)29-22-7-4-6-20(15-22)26(32)30-21-11-13-27-14-12-21/h2-15,17H,16H2,1H3,(H,29,31)(H,27,30,32)/b10-9+. The van der Waals surface area contributed by atoms with Gasteiger partial charge in [-0.2, -0.15) is 0 Å². The van der Waals surface area contributed by atoms with E-state index in [1.807, 2.05) is 36.6 Å². The number of carbonyl (C=O) groups excluding carboxylic acids is 2. The SMILES string of the molecule is Cc1nc(COc2ccccc2/C=C/C(=O)Nc2cccc(C(=O)Nc3ccncc3)c2)cs1. The average Bonchev–Trinajstić information content (AvgIpc) is 3.27. The molecule has 0 saturated heterocycles. The minimum absolute atomic E-state index is 0.278. The van der Waals surface area contributed by atoms with E-state index < -0.39 is 0 Å². The predicted molar refractivity (Wildman–Crippen MR) is 134 cm³/mol. The minimum atomic E-state index is -0.323. The van der Waals surface area contributed by atoms with Crippen LogP contribution >= 0.6 is 11.3 Å². The van der Waals surface area contributed by atoms with Crippen LogP contribution < -0.4 is 15.4 Å². The third-order valence-electron chi connectivity index (χ3n) is 4.71. The van der Waals surface area contributed by atoms with E-state index in [1.165, 1.54) is 6.08 Å². The summed E-state index contributed by atoms with van der Waals surface area (Å²) in [7, 11) is 0. The maximum Gasteiger partial charge on any atom is 0.255 e. The molecule has 0 fully saturated rings. The van der Waals surface area contributed by atoms with Crippen LogP contribution in [0.3, 0.4) is 0 Å². The minimum Gasteiger partial charge on any atom is -0.487 e. The van der Waals surface area contributed by atoms with E-state index in [0.29, 0.717) is 29.3 Å². The number of aryl methyl sites for hydroxylation is 1. The Labute approximate surface area is 201 Å². The van der Waals surface area contributed by atoms with Gasteiger partial charge >= 0.3 is 0 Å². The number of amides is 2. The summed E-state index contributed by atoms with van der Waals surface area (Å²) in [6, 6.07) is 17.6. The van der Waals surface area contributed by atoms with Crippen molar-refractivity contribution in [2.45, 2.75) is 13.5 Å². The molecule has 0 bridgehead atoms. The topological polar surface area (TPSA) is 93.2 Å². The highest BCUT2D eigenvalue weighted by atomic mass is 32.1. The Hall–Kier alpha value is -4.30. The van der Waals surface area contributed by atoms with Crippen molar-refractivity contribution in [2.24, 2.45) is 0 Å². The zero-order valence-electron chi connectivity index (χ0n) is 18.4. The fraction of sp³-hybridized carbons (Fsp3) is 0.0769. The van der Waals surface area contributed by atoms with Crippen molar-refractivity contribution in [3.8, 4) is 5.75 Å². The lowest BCUT2D eigenvalue weighted by Gasteiger charge is -2.08. The molecule has 7 nitrogen and oxygen atoms in total. The van der Waals surface area contributed by atoms with Gasteiger partial charge in [-0.05, 0) is 49.4 Å². The maximum atomic E-state index is 12.5. The van der Waals surface area contributed by atoms with Crippen LogP contribution in [0.4, 0.5) is 11.4 Å². The Morgan fingerprint density at radius 2 is 1.82 bits per heavy atom. The molecular formula is C26H22N4O3S. The van der Waals surface area contributed by atoms with Crippen molar-refractivity contribution >= 4 is 40.6 Å². The van der Waals surface area contributed by atoms with E-state index in [-0.39, 0.29) is 11.8 Å². The van der Waals surface area contributed by atoms with Gasteiger partial charge in [0.05, 0.1) is 10.7 Å². The van der Waals surface area contributed by atoms with Crippen molar-refractivity contribution in [3.63, 3.8) is 0 Å². The molecule has 2 aromatic carbocycles. The third-order valence-corrected chi connectivity index (χ3v) is 5.53. The molecule has 0 aliphatic heterocycles. The van der Waals surface area contributed by atoms with Gasteiger partial charge in [0.2, 0.25) is 5.91 Å². The van der Waals surface area contributed by atoms with Crippen molar-refractivity contribution in [2.75, 3.05) is 10.6 Å². The predicted octanol–water partition coefficient (Wildman–Crippen LogP) is 5.33. The van der Waals surface area contributed by atoms with Gasteiger partial charge in [0, 0.05) is 46.4 Å². The van der Waals surface area contributed by atoms with E-state index in [2.05, 4.69) is 20.6 Å². The Bertz CT molecular complexity index is 1320. The van der Waals surface area contributed by atoms with E-state index in [0.717, 1.165) is 16.3 Å². The average molecular weight is 471 g/mol. The van der Waals surface area contributed by atoms with E-state index in [9.17, 15) is 9.59 Å². The summed E-state index contributed by atoms with van der Waals surface area (Å²) in [5.74, 6) is 0.0582. The first-order valence-electron chi connectivity index (χ1n) is 10.5. The second-order valence-electron chi connectivity index (χ2n) is 7.28. The summed E-state index contributed by atoms with van der Waals surface area (Å²) in [6.45, 7) is 2.31. The molecule has 34 heavy (non-hydrogen) atoms. The molecule has 0 saturated carbocycles. The summed E-state index contributed by atoms with van der Waals surface area (Å²) in [4.78, 5) is 33.3. The largest absolute Gasteiger partial charge is 0.487 e. The number of nitrogens with one attached hydrogen (secondary N) is 2. The second kappa shape index (κ2) is 11.0. The van der Waals surface area contributed by atoms with Crippen molar-refractivity contribution in [1.82, 2.24) is 9.97 Å². The van der Waals surface area contributed by atoms with Crippen LogP contribution in [0.5, 0.6) is 5.75 Å². The summed E-state index contributed by atoms with van der Waals surface area (Å²) in [5, 5.41) is 8.53. The lowest BCUT2D eigenvalue weighted by molar-refractivity contribution is -0.111. The number of hydrogen-bond donors (Lipinski definition) is 2. The Morgan fingerprint density at radius 1 is 1.00 bits per heavy atom. The van der Waals surface area contributed by atoms with Crippen LogP contribution in [-0.4, -0.2) is 21.8 Å². The van der Waals surface area contributed by atoms with E-state index >= 15 is 0 Å². The van der Waals surface area contributed by atoms with Gasteiger partial charge in [0.1, 0.15) is 12.4 Å². The van der Waals surface area contributed by atoms with Gasteiger partial charge in [0.15, 0.2) is 0 Å². The van der Waals surface area contributed by atoms with Gasteiger partial charge in [-0.25, -0.2) is 4.98 Å². The maximum absolute atomic E-state index is 12.5. The molecule has 2 amide bonds. The monoisotopic (exact) mass is 470 g/mol. The quantitative estimate of drug-likeness (QED) is 0.340. The van der Waals surface area contributed by atoms with Gasteiger partial charge < -0.3 is 15.4 Å². The van der Waals surface area contributed by atoms with Crippen LogP contribution in [-0.2, 0) is 11.4 Å². The number of ether oxygens (including phenoxy) is 1. The fourth-order valence-corrected chi connectivity index (χ4v) is 3.70.